The zero-order valence-corrected chi connectivity index (χ0v) is 21.7. The van der Waals surface area contributed by atoms with E-state index >= 15 is 0 Å². The third kappa shape index (κ3) is 3.66. The number of ketones is 1. The number of carbonyl (C=O) groups is 3. The largest absolute Gasteiger partial charge is 0.463 e. The maximum Gasteiger partial charge on any atom is 0.333 e. The molecule has 6 heteroatoms. The van der Waals surface area contributed by atoms with Crippen molar-refractivity contribution in [1.82, 2.24) is 0 Å². The van der Waals surface area contributed by atoms with Crippen molar-refractivity contribution in [2.45, 2.75) is 111 Å². The summed E-state index contributed by atoms with van der Waals surface area (Å²) in [5.74, 6) is -0.158. The molecule has 4 fully saturated rings. The van der Waals surface area contributed by atoms with Gasteiger partial charge < -0.3 is 14.6 Å². The number of Topliss-reactive ketones (excluding diaryl/α,β-unsaturated/α-hetero) is 1. The summed E-state index contributed by atoms with van der Waals surface area (Å²) in [6.07, 6.45) is 7.55. The van der Waals surface area contributed by atoms with Gasteiger partial charge in [0.25, 0.3) is 0 Å². The van der Waals surface area contributed by atoms with Crippen LogP contribution >= 0.6 is 0 Å². The van der Waals surface area contributed by atoms with Crippen LogP contribution in [0.5, 0.6) is 0 Å². The fraction of sp³-hybridized carbons (Fsp3) is 0.821. The lowest BCUT2D eigenvalue weighted by Crippen LogP contribution is -2.68. The Bertz CT molecular complexity index is 893. The van der Waals surface area contributed by atoms with Gasteiger partial charge in [-0.15, -0.1) is 0 Å². The highest BCUT2D eigenvalue weighted by Gasteiger charge is 2.72. The monoisotopic (exact) mass is 474 g/mol. The van der Waals surface area contributed by atoms with Gasteiger partial charge in [-0.1, -0.05) is 19.9 Å². The molecule has 0 spiro atoms. The SMILES string of the molecule is C/C=C(\C)C(=O)O[C@@H]1CC2C(CC[C@@H]3C[C@H](OC(C)=O)CC[C@]23C)[C@@]2(O)CC[C@H](C(C)=O)[C@@]12C. The van der Waals surface area contributed by atoms with Crippen molar-refractivity contribution < 1.29 is 29.0 Å². The molecular formula is C28H42O6. The number of fused-ring (bicyclic) bond motifs is 5. The van der Waals surface area contributed by atoms with E-state index in [0.717, 1.165) is 32.1 Å². The molecule has 4 aliphatic carbocycles. The maximum absolute atomic E-state index is 12.9. The summed E-state index contributed by atoms with van der Waals surface area (Å²) in [6.45, 7) is 11.0. The lowest BCUT2D eigenvalue weighted by molar-refractivity contribution is -0.251. The van der Waals surface area contributed by atoms with E-state index in [-0.39, 0.29) is 47.0 Å². The van der Waals surface area contributed by atoms with E-state index in [2.05, 4.69) is 6.92 Å². The average Bonchev–Trinajstić information content (AvgIpc) is 3.06. The highest BCUT2D eigenvalue weighted by molar-refractivity contribution is 5.88. The van der Waals surface area contributed by atoms with Gasteiger partial charge in [0, 0.05) is 23.8 Å². The number of esters is 2. The lowest BCUT2D eigenvalue weighted by Gasteiger charge is -2.65. The Morgan fingerprint density at radius 2 is 1.62 bits per heavy atom. The Balaban J connectivity index is 1.71. The number of rotatable bonds is 4. The molecule has 0 amide bonds. The summed E-state index contributed by atoms with van der Waals surface area (Å²) in [5.41, 5.74) is -1.31. The van der Waals surface area contributed by atoms with Crippen LogP contribution in [-0.2, 0) is 23.9 Å². The molecule has 190 valence electrons. The van der Waals surface area contributed by atoms with Crippen molar-refractivity contribution in [3.8, 4) is 0 Å². The molecule has 0 aromatic heterocycles. The highest BCUT2D eigenvalue weighted by Crippen LogP contribution is 2.69. The van der Waals surface area contributed by atoms with E-state index in [1.165, 1.54) is 6.92 Å². The molecule has 4 aliphatic rings. The Kier molecular flexibility index (Phi) is 6.54. The molecule has 9 atom stereocenters. The molecule has 0 aromatic rings. The predicted molar refractivity (Wildman–Crippen MR) is 128 cm³/mol. The molecule has 0 aliphatic heterocycles. The van der Waals surface area contributed by atoms with Gasteiger partial charge in [0.05, 0.1) is 5.60 Å². The zero-order valence-electron chi connectivity index (χ0n) is 21.7. The van der Waals surface area contributed by atoms with E-state index in [0.29, 0.717) is 30.8 Å². The minimum atomic E-state index is -1.04. The second kappa shape index (κ2) is 8.76. The molecular weight excluding hydrogens is 432 g/mol. The smallest absolute Gasteiger partial charge is 0.333 e. The van der Waals surface area contributed by atoms with Gasteiger partial charge in [0.2, 0.25) is 0 Å². The molecule has 4 rings (SSSR count). The van der Waals surface area contributed by atoms with Gasteiger partial charge in [-0.2, -0.15) is 0 Å². The van der Waals surface area contributed by atoms with Gasteiger partial charge in [0.15, 0.2) is 0 Å². The van der Waals surface area contributed by atoms with Crippen LogP contribution in [0.1, 0.15) is 92.9 Å². The normalized spacial score (nSPS) is 46.0. The van der Waals surface area contributed by atoms with Gasteiger partial charge >= 0.3 is 11.9 Å². The predicted octanol–water partition coefficient (Wildman–Crippen LogP) is 4.77. The van der Waals surface area contributed by atoms with Gasteiger partial charge in [0.1, 0.15) is 18.0 Å². The molecule has 0 radical (unpaired) electrons. The molecule has 1 N–H and O–H groups in total. The van der Waals surface area contributed by atoms with Crippen molar-refractivity contribution in [2.24, 2.45) is 34.5 Å². The van der Waals surface area contributed by atoms with Gasteiger partial charge in [-0.05, 0) is 95.3 Å². The molecule has 2 unspecified atom stereocenters. The second-order valence-electron chi connectivity index (χ2n) is 12.0. The van der Waals surface area contributed by atoms with Crippen molar-refractivity contribution >= 4 is 17.7 Å². The van der Waals surface area contributed by atoms with E-state index in [4.69, 9.17) is 9.47 Å². The average molecular weight is 475 g/mol. The fourth-order valence-corrected chi connectivity index (χ4v) is 8.64. The number of allylic oxidation sites excluding steroid dienone is 1. The second-order valence-corrected chi connectivity index (χ2v) is 12.0. The first-order valence-corrected chi connectivity index (χ1v) is 13.1. The third-order valence-corrected chi connectivity index (χ3v) is 10.7. The Morgan fingerprint density at radius 3 is 2.24 bits per heavy atom. The zero-order chi connectivity index (χ0) is 25.1. The number of carbonyl (C=O) groups excluding carboxylic acids is 3. The van der Waals surface area contributed by atoms with Crippen LogP contribution in [0.3, 0.4) is 0 Å². The van der Waals surface area contributed by atoms with Crippen molar-refractivity contribution in [2.75, 3.05) is 0 Å². The maximum atomic E-state index is 12.9. The molecule has 34 heavy (non-hydrogen) atoms. The summed E-state index contributed by atoms with van der Waals surface area (Å²) in [7, 11) is 0. The van der Waals surface area contributed by atoms with Crippen LogP contribution in [0.15, 0.2) is 11.6 Å². The summed E-state index contributed by atoms with van der Waals surface area (Å²) in [4.78, 5) is 37.2. The molecule has 0 aromatic carbocycles. The van der Waals surface area contributed by atoms with Crippen LogP contribution in [0, 0.1) is 34.5 Å². The number of hydrogen-bond acceptors (Lipinski definition) is 6. The Labute approximate surface area is 203 Å². The molecule has 0 saturated heterocycles. The fourth-order valence-electron chi connectivity index (χ4n) is 8.64. The first kappa shape index (κ1) is 25.4. The summed E-state index contributed by atoms with van der Waals surface area (Å²) in [6, 6.07) is 0. The summed E-state index contributed by atoms with van der Waals surface area (Å²) in [5, 5.41) is 12.4. The third-order valence-electron chi connectivity index (χ3n) is 10.7. The van der Waals surface area contributed by atoms with E-state index in [9.17, 15) is 19.5 Å². The van der Waals surface area contributed by atoms with Crippen LogP contribution in [0.2, 0.25) is 0 Å². The van der Waals surface area contributed by atoms with Crippen molar-refractivity contribution in [3.63, 3.8) is 0 Å². The van der Waals surface area contributed by atoms with Crippen LogP contribution in [0.25, 0.3) is 0 Å². The summed E-state index contributed by atoms with van der Waals surface area (Å²) < 4.78 is 11.7. The molecule has 4 saturated carbocycles. The number of ether oxygens (including phenoxy) is 2. The van der Waals surface area contributed by atoms with E-state index < -0.39 is 17.1 Å². The molecule has 0 bridgehead atoms. The van der Waals surface area contributed by atoms with Gasteiger partial charge in [-0.3, -0.25) is 9.59 Å². The minimum Gasteiger partial charge on any atom is -0.463 e. The Hall–Kier alpha value is -1.69. The number of hydrogen-bond donors (Lipinski definition) is 1. The van der Waals surface area contributed by atoms with Crippen molar-refractivity contribution in [3.05, 3.63) is 11.6 Å². The van der Waals surface area contributed by atoms with E-state index in [1.54, 1.807) is 19.9 Å². The summed E-state index contributed by atoms with van der Waals surface area (Å²) >= 11 is 0. The Morgan fingerprint density at radius 1 is 0.912 bits per heavy atom. The minimum absolute atomic E-state index is 0.0226. The van der Waals surface area contributed by atoms with Gasteiger partial charge in [-0.25, -0.2) is 4.79 Å². The van der Waals surface area contributed by atoms with Crippen LogP contribution in [-0.4, -0.2) is 40.6 Å². The van der Waals surface area contributed by atoms with Crippen LogP contribution < -0.4 is 0 Å². The van der Waals surface area contributed by atoms with Crippen LogP contribution in [0.4, 0.5) is 0 Å². The first-order valence-electron chi connectivity index (χ1n) is 13.1. The topological polar surface area (TPSA) is 89.9 Å². The quantitative estimate of drug-likeness (QED) is 0.466. The first-order chi connectivity index (χ1) is 15.9. The van der Waals surface area contributed by atoms with E-state index in [1.807, 2.05) is 13.8 Å². The lowest BCUT2D eigenvalue weighted by atomic mass is 9.42. The molecule has 0 heterocycles. The standard InChI is InChI=1S/C28H42O6/c1-7-16(2)25(31)34-24-15-23-22(28(32)13-11-21(17(3)29)27(24,28)6)9-8-19-14-20(33-18(4)30)10-12-26(19,23)5/h7,19-24,32H,8-15H2,1-6H3/b16-7+/t19-,20-,21-,22?,23?,24-,26+,27+,28+/m1/s1. The molecule has 6 nitrogen and oxygen atoms in total. The van der Waals surface area contributed by atoms with Crippen molar-refractivity contribution in [1.29, 1.82) is 0 Å². The number of aliphatic hydroxyl groups is 1. The highest BCUT2D eigenvalue weighted by atomic mass is 16.5.